The molecule has 2 aliphatic rings. The Kier molecular flexibility index (Phi) is 7.84. The summed E-state index contributed by atoms with van der Waals surface area (Å²) < 4.78 is 0. The number of fused-ring (bicyclic) bond motifs is 1. The number of benzene rings is 1. The van der Waals surface area contributed by atoms with Crippen molar-refractivity contribution >= 4 is 40.2 Å². The van der Waals surface area contributed by atoms with Gasteiger partial charge >= 0.3 is 0 Å². The largest absolute Gasteiger partial charge is 0.374 e. The van der Waals surface area contributed by atoms with Crippen LogP contribution in [0.1, 0.15) is 61.1 Å². The van der Waals surface area contributed by atoms with Crippen molar-refractivity contribution in [1.82, 2.24) is 20.6 Å². The number of anilines is 1. The van der Waals surface area contributed by atoms with Crippen molar-refractivity contribution in [3.63, 3.8) is 0 Å². The molecule has 1 aromatic heterocycles. The van der Waals surface area contributed by atoms with Gasteiger partial charge in [0.2, 0.25) is 5.82 Å². The van der Waals surface area contributed by atoms with Gasteiger partial charge in [-0.2, -0.15) is 11.8 Å². The highest BCUT2D eigenvalue weighted by atomic mass is 32.2. The van der Waals surface area contributed by atoms with E-state index in [0.717, 1.165) is 72.5 Å². The number of aliphatic imine (C=N–C) groups is 1. The highest BCUT2D eigenvalue weighted by molar-refractivity contribution is 7.98. The van der Waals surface area contributed by atoms with E-state index in [4.69, 9.17) is 9.98 Å². The van der Waals surface area contributed by atoms with Gasteiger partial charge in [-0.25, -0.2) is 9.97 Å². The number of nitrogens with one attached hydrogen (secondary N) is 3. The van der Waals surface area contributed by atoms with Gasteiger partial charge < -0.3 is 16.0 Å². The highest BCUT2D eigenvalue weighted by Gasteiger charge is 2.27. The van der Waals surface area contributed by atoms with E-state index in [9.17, 15) is 4.79 Å². The first-order chi connectivity index (χ1) is 15.6. The third-order valence-electron chi connectivity index (χ3n) is 6.16. The molecule has 0 spiro atoms. The molecule has 1 amide bonds. The summed E-state index contributed by atoms with van der Waals surface area (Å²) in [7, 11) is 0. The Hall–Kier alpha value is -2.35. The van der Waals surface area contributed by atoms with Crippen LogP contribution in [0.4, 0.5) is 5.82 Å². The molecule has 2 fully saturated rings. The average Bonchev–Trinajstić information content (AvgIpc) is 3.31. The van der Waals surface area contributed by atoms with Gasteiger partial charge in [-0.1, -0.05) is 24.5 Å². The minimum atomic E-state index is -0.216. The zero-order valence-corrected chi connectivity index (χ0v) is 19.9. The lowest BCUT2D eigenvalue weighted by atomic mass is 9.90. The molecule has 3 N–H and O–H groups in total. The Morgan fingerprint density at radius 3 is 2.94 bits per heavy atom. The Labute approximate surface area is 194 Å². The minimum Gasteiger partial charge on any atom is -0.374 e. The standard InChI is InChI=1S/C24H34N6OS/c1-16-10-11-18-17(15-16)22(30-23(28-18)24(31)26-13-6-14-32-2)29-20-8-4-3-7-19(20)27-21-9-5-12-25-21/h10-11,15,19-20H,3-9,12-14H2,1-2H3,(H,25,27)(H,26,31)(H,28,29,30)/t19-,20+/m1/s1. The van der Waals surface area contributed by atoms with Gasteiger partial charge in [-0.15, -0.1) is 0 Å². The van der Waals surface area contributed by atoms with Crippen LogP contribution in [0.15, 0.2) is 23.2 Å². The van der Waals surface area contributed by atoms with Crippen LogP contribution in [0.3, 0.4) is 0 Å². The van der Waals surface area contributed by atoms with E-state index in [-0.39, 0.29) is 23.8 Å². The van der Waals surface area contributed by atoms with E-state index in [0.29, 0.717) is 6.54 Å². The molecule has 2 heterocycles. The van der Waals surface area contributed by atoms with E-state index < -0.39 is 0 Å². The first-order valence-corrected chi connectivity index (χ1v) is 13.2. The zero-order valence-electron chi connectivity index (χ0n) is 19.1. The third kappa shape index (κ3) is 5.71. The van der Waals surface area contributed by atoms with Gasteiger partial charge in [0.15, 0.2) is 0 Å². The Balaban J connectivity index is 1.60. The number of aryl methyl sites for hydroxylation is 1. The molecular weight excluding hydrogens is 420 g/mol. The van der Waals surface area contributed by atoms with Crippen LogP contribution < -0.4 is 16.0 Å². The number of nitrogens with zero attached hydrogens (tertiary/aromatic N) is 3. The molecule has 4 rings (SSSR count). The van der Waals surface area contributed by atoms with Gasteiger partial charge in [-0.05, 0) is 56.7 Å². The lowest BCUT2D eigenvalue weighted by molar-refractivity contribution is 0.0944. The molecule has 7 nitrogen and oxygen atoms in total. The van der Waals surface area contributed by atoms with Crippen molar-refractivity contribution < 1.29 is 4.79 Å². The fraction of sp³-hybridized carbons (Fsp3) is 0.583. The predicted octanol–water partition coefficient (Wildman–Crippen LogP) is 3.93. The molecule has 1 saturated carbocycles. The lowest BCUT2D eigenvalue weighted by Crippen LogP contribution is -2.37. The molecule has 1 aromatic carbocycles. The Morgan fingerprint density at radius 1 is 1.25 bits per heavy atom. The second kappa shape index (κ2) is 11.0. The van der Waals surface area contributed by atoms with Crippen molar-refractivity contribution in [2.24, 2.45) is 4.99 Å². The normalized spacial score (nSPS) is 22.1. The summed E-state index contributed by atoms with van der Waals surface area (Å²) in [6, 6.07) is 6.53. The first kappa shape index (κ1) is 22.8. The molecule has 0 unspecified atom stereocenters. The summed E-state index contributed by atoms with van der Waals surface area (Å²) >= 11 is 1.78. The predicted molar refractivity (Wildman–Crippen MR) is 134 cm³/mol. The summed E-state index contributed by atoms with van der Waals surface area (Å²) in [4.78, 5) is 27.1. The number of hydrogen-bond acceptors (Lipinski definition) is 6. The van der Waals surface area contributed by atoms with Crippen molar-refractivity contribution in [3.05, 3.63) is 29.6 Å². The van der Waals surface area contributed by atoms with Gasteiger partial charge in [0.25, 0.3) is 5.91 Å². The van der Waals surface area contributed by atoms with Crippen molar-refractivity contribution in [2.75, 3.05) is 30.4 Å². The fourth-order valence-corrected chi connectivity index (χ4v) is 4.88. The summed E-state index contributed by atoms with van der Waals surface area (Å²) in [6.45, 7) is 3.72. The van der Waals surface area contributed by atoms with E-state index in [1.807, 2.05) is 12.1 Å². The van der Waals surface area contributed by atoms with Gasteiger partial charge in [0, 0.05) is 30.9 Å². The van der Waals surface area contributed by atoms with Crippen LogP contribution >= 0.6 is 11.8 Å². The molecule has 8 heteroatoms. The summed E-state index contributed by atoms with van der Waals surface area (Å²) in [5.41, 5.74) is 1.94. The number of carbonyl (C=O) groups excluding carboxylic acids is 1. The molecular formula is C24H34N6OS. The van der Waals surface area contributed by atoms with Crippen molar-refractivity contribution in [1.29, 1.82) is 0 Å². The average molecular weight is 455 g/mol. The van der Waals surface area contributed by atoms with Crippen LogP contribution in [-0.4, -0.2) is 58.9 Å². The highest BCUT2D eigenvalue weighted by Crippen LogP contribution is 2.28. The molecule has 1 aliphatic carbocycles. The van der Waals surface area contributed by atoms with Crippen LogP contribution in [-0.2, 0) is 0 Å². The maximum absolute atomic E-state index is 12.8. The quantitative estimate of drug-likeness (QED) is 0.524. The van der Waals surface area contributed by atoms with E-state index in [1.54, 1.807) is 11.8 Å². The van der Waals surface area contributed by atoms with E-state index in [1.165, 1.54) is 12.8 Å². The number of hydrogen-bond donors (Lipinski definition) is 3. The third-order valence-corrected chi connectivity index (χ3v) is 6.85. The first-order valence-electron chi connectivity index (χ1n) is 11.8. The monoisotopic (exact) mass is 454 g/mol. The number of rotatable bonds is 8. The van der Waals surface area contributed by atoms with Crippen molar-refractivity contribution in [3.8, 4) is 0 Å². The van der Waals surface area contributed by atoms with E-state index >= 15 is 0 Å². The van der Waals surface area contributed by atoms with Crippen LogP contribution in [0.5, 0.6) is 0 Å². The molecule has 172 valence electrons. The minimum absolute atomic E-state index is 0.203. The number of carbonyl (C=O) groups is 1. The Morgan fingerprint density at radius 2 is 2.12 bits per heavy atom. The second-order valence-corrected chi connectivity index (χ2v) is 9.71. The molecule has 0 bridgehead atoms. The summed E-state index contributed by atoms with van der Waals surface area (Å²) in [6.07, 6.45) is 9.71. The maximum Gasteiger partial charge on any atom is 0.289 e. The number of amidine groups is 1. The summed E-state index contributed by atoms with van der Waals surface area (Å²) in [5, 5.41) is 11.0. The molecule has 1 saturated heterocycles. The second-order valence-electron chi connectivity index (χ2n) is 8.73. The van der Waals surface area contributed by atoms with Crippen molar-refractivity contribution in [2.45, 2.75) is 64.0 Å². The van der Waals surface area contributed by atoms with Crippen LogP contribution in [0.25, 0.3) is 10.9 Å². The lowest BCUT2D eigenvalue weighted by Gasteiger charge is -2.30. The molecule has 2 atom stereocenters. The SMILES string of the molecule is CSCCCNC(=O)c1nc(N[C@H]2CCCC[C@H]2N=C2CCCN2)c2cc(C)ccc2n1. The van der Waals surface area contributed by atoms with Gasteiger partial charge in [0.1, 0.15) is 5.82 Å². The van der Waals surface area contributed by atoms with Crippen LogP contribution in [0, 0.1) is 6.92 Å². The molecule has 2 aromatic rings. The number of thioether (sulfide) groups is 1. The zero-order chi connectivity index (χ0) is 22.3. The van der Waals surface area contributed by atoms with Gasteiger partial charge in [0.05, 0.1) is 17.4 Å². The molecule has 32 heavy (non-hydrogen) atoms. The number of aromatic nitrogens is 2. The molecule has 1 aliphatic heterocycles. The smallest absolute Gasteiger partial charge is 0.289 e. The van der Waals surface area contributed by atoms with Crippen LogP contribution in [0.2, 0.25) is 0 Å². The Bertz CT molecular complexity index is 970. The number of amides is 1. The van der Waals surface area contributed by atoms with E-state index in [2.05, 4.69) is 40.2 Å². The summed E-state index contributed by atoms with van der Waals surface area (Å²) in [5.74, 6) is 2.91. The fourth-order valence-electron chi connectivity index (χ4n) is 4.45. The molecule has 0 radical (unpaired) electrons. The van der Waals surface area contributed by atoms with Gasteiger partial charge in [-0.3, -0.25) is 9.79 Å². The topological polar surface area (TPSA) is 91.3 Å². The maximum atomic E-state index is 12.8.